The molecule has 0 bridgehead atoms. The van der Waals surface area contributed by atoms with Crippen LogP contribution in [-0.2, 0) is 9.59 Å². The summed E-state index contributed by atoms with van der Waals surface area (Å²) in [7, 11) is 0. The lowest BCUT2D eigenvalue weighted by atomic mass is 9.80. The fourth-order valence-corrected chi connectivity index (χ4v) is 2.04. The predicted octanol–water partition coefficient (Wildman–Crippen LogP) is 3.30. The molecule has 0 aromatic heterocycles. The molecule has 0 rings (SSSR count). The number of carbonyl (C=O) groups is 2. The maximum Gasteiger partial charge on any atom is 0.309 e. The van der Waals surface area contributed by atoms with Crippen molar-refractivity contribution in [1.29, 1.82) is 0 Å². The lowest BCUT2D eigenvalue weighted by molar-refractivity contribution is -0.149. The van der Waals surface area contributed by atoms with Gasteiger partial charge in [0, 0.05) is 6.42 Å². The highest BCUT2D eigenvalue weighted by Crippen LogP contribution is 2.30. The molecule has 4 heteroatoms. The Morgan fingerprint density at radius 3 is 2.06 bits per heavy atom. The van der Waals surface area contributed by atoms with E-state index >= 15 is 0 Å². The fourth-order valence-electron chi connectivity index (χ4n) is 2.04. The van der Waals surface area contributed by atoms with Gasteiger partial charge in [-0.15, -0.1) is 0 Å². The number of unbranched alkanes of at least 4 members (excludes halogenated alkanes) is 3. The molecule has 100 valence electrons. The smallest absolute Gasteiger partial charge is 0.309 e. The van der Waals surface area contributed by atoms with Crippen LogP contribution >= 0.6 is 0 Å². The lowest BCUT2D eigenvalue weighted by Gasteiger charge is -2.24. The van der Waals surface area contributed by atoms with E-state index in [4.69, 9.17) is 10.2 Å². The van der Waals surface area contributed by atoms with Crippen LogP contribution in [-0.4, -0.2) is 22.2 Å². The van der Waals surface area contributed by atoms with E-state index in [2.05, 4.69) is 0 Å². The molecular weight excluding hydrogens is 220 g/mol. The summed E-state index contributed by atoms with van der Waals surface area (Å²) >= 11 is 0. The number of carboxylic acid groups (broad SMARTS) is 2. The molecule has 1 atom stereocenters. The van der Waals surface area contributed by atoms with Crippen LogP contribution in [0.2, 0.25) is 0 Å². The summed E-state index contributed by atoms with van der Waals surface area (Å²) in [5.41, 5.74) is -0.610. The molecule has 0 aliphatic heterocycles. The minimum Gasteiger partial charge on any atom is -0.481 e. The van der Waals surface area contributed by atoms with Gasteiger partial charge >= 0.3 is 11.9 Å². The molecule has 17 heavy (non-hydrogen) atoms. The molecule has 4 nitrogen and oxygen atoms in total. The molecule has 0 heterocycles. The van der Waals surface area contributed by atoms with E-state index in [0.717, 1.165) is 25.7 Å². The van der Waals surface area contributed by atoms with Crippen LogP contribution in [0.5, 0.6) is 0 Å². The minimum atomic E-state index is -0.758. The summed E-state index contributed by atoms with van der Waals surface area (Å²) in [5, 5.41) is 17.6. The highest BCUT2D eigenvalue weighted by molar-refractivity contribution is 5.74. The van der Waals surface area contributed by atoms with Crippen molar-refractivity contribution in [3.8, 4) is 0 Å². The van der Waals surface area contributed by atoms with E-state index < -0.39 is 17.4 Å². The van der Waals surface area contributed by atoms with Crippen LogP contribution < -0.4 is 0 Å². The second-order valence-corrected chi connectivity index (χ2v) is 4.92. The Labute approximate surface area is 103 Å². The predicted molar refractivity (Wildman–Crippen MR) is 66.0 cm³/mol. The summed E-state index contributed by atoms with van der Waals surface area (Å²) in [5.74, 6) is -1.48. The molecule has 0 fully saturated rings. The fraction of sp³-hybridized carbons (Fsp3) is 0.846. The zero-order valence-electron chi connectivity index (χ0n) is 10.9. The molecule has 0 spiro atoms. The molecule has 0 aliphatic rings. The van der Waals surface area contributed by atoms with Crippen molar-refractivity contribution in [2.24, 2.45) is 5.41 Å². The average molecular weight is 244 g/mol. The van der Waals surface area contributed by atoms with Crippen LogP contribution in [0.3, 0.4) is 0 Å². The van der Waals surface area contributed by atoms with Crippen molar-refractivity contribution in [3.63, 3.8) is 0 Å². The van der Waals surface area contributed by atoms with E-state index in [1.165, 1.54) is 0 Å². The van der Waals surface area contributed by atoms with Gasteiger partial charge in [-0.25, -0.2) is 0 Å². The van der Waals surface area contributed by atoms with Gasteiger partial charge in [-0.05, 0) is 26.2 Å². The molecule has 2 N–H and O–H groups in total. The van der Waals surface area contributed by atoms with Crippen LogP contribution in [0, 0.1) is 5.41 Å². The first-order chi connectivity index (χ1) is 7.92. The Morgan fingerprint density at radius 2 is 1.59 bits per heavy atom. The number of hydrogen-bond acceptors (Lipinski definition) is 2. The molecule has 0 saturated carbocycles. The summed E-state index contributed by atoms with van der Waals surface area (Å²) in [4.78, 5) is 21.4. The normalized spacial score (nSPS) is 14.2. The molecule has 1 unspecified atom stereocenters. The molecule has 0 aromatic rings. The standard InChI is InChI=1S/C13H24O4/c1-3-9-13(2,12(16)17)10-7-5-4-6-8-11(14)15/h3-10H2,1-2H3,(H,14,15)(H,16,17). The van der Waals surface area contributed by atoms with Crippen LogP contribution in [0.4, 0.5) is 0 Å². The SMILES string of the molecule is CCCC(C)(CCCCCCC(=O)O)C(=O)O. The van der Waals surface area contributed by atoms with Gasteiger partial charge in [0.1, 0.15) is 0 Å². The molecule has 0 amide bonds. The Balaban J connectivity index is 3.76. The second kappa shape index (κ2) is 8.09. The van der Waals surface area contributed by atoms with Gasteiger partial charge in [-0.3, -0.25) is 9.59 Å². The number of rotatable bonds is 10. The van der Waals surface area contributed by atoms with Gasteiger partial charge in [-0.1, -0.05) is 32.6 Å². The minimum absolute atomic E-state index is 0.213. The Bertz CT molecular complexity index is 250. The first kappa shape index (κ1) is 15.9. The first-order valence-electron chi connectivity index (χ1n) is 6.37. The van der Waals surface area contributed by atoms with Gasteiger partial charge in [0.15, 0.2) is 0 Å². The van der Waals surface area contributed by atoms with Crippen molar-refractivity contribution >= 4 is 11.9 Å². The van der Waals surface area contributed by atoms with Gasteiger partial charge in [0.2, 0.25) is 0 Å². The largest absolute Gasteiger partial charge is 0.481 e. The van der Waals surface area contributed by atoms with Crippen molar-refractivity contribution in [2.45, 2.75) is 65.2 Å². The first-order valence-corrected chi connectivity index (χ1v) is 6.37. The van der Waals surface area contributed by atoms with Crippen molar-refractivity contribution in [2.75, 3.05) is 0 Å². The number of aliphatic carboxylic acids is 2. The van der Waals surface area contributed by atoms with Crippen LogP contribution in [0.1, 0.15) is 65.2 Å². The van der Waals surface area contributed by atoms with E-state index in [1.54, 1.807) is 6.92 Å². The summed E-state index contributed by atoms with van der Waals surface area (Å²) in [6.07, 6.45) is 5.82. The van der Waals surface area contributed by atoms with E-state index in [-0.39, 0.29) is 6.42 Å². The molecule has 0 aliphatic carbocycles. The maximum absolute atomic E-state index is 11.1. The number of carboxylic acids is 2. The molecule has 0 saturated heterocycles. The Kier molecular flexibility index (Phi) is 7.59. The highest BCUT2D eigenvalue weighted by atomic mass is 16.4. The average Bonchev–Trinajstić information content (AvgIpc) is 2.23. The molecule has 0 aromatic carbocycles. The molecule has 0 radical (unpaired) electrons. The van der Waals surface area contributed by atoms with Crippen LogP contribution in [0.15, 0.2) is 0 Å². The highest BCUT2D eigenvalue weighted by Gasteiger charge is 2.31. The van der Waals surface area contributed by atoms with E-state index in [9.17, 15) is 9.59 Å². The number of hydrogen-bond donors (Lipinski definition) is 2. The van der Waals surface area contributed by atoms with Gasteiger partial charge in [-0.2, -0.15) is 0 Å². The lowest BCUT2D eigenvalue weighted by Crippen LogP contribution is -2.27. The summed E-state index contributed by atoms with van der Waals surface area (Å²) in [6.45, 7) is 3.80. The van der Waals surface area contributed by atoms with E-state index in [1.807, 2.05) is 6.92 Å². The maximum atomic E-state index is 11.1. The summed E-state index contributed by atoms with van der Waals surface area (Å²) in [6, 6.07) is 0. The monoisotopic (exact) mass is 244 g/mol. The Hall–Kier alpha value is -1.06. The third kappa shape index (κ3) is 6.97. The molecular formula is C13H24O4. The Morgan fingerprint density at radius 1 is 1.00 bits per heavy atom. The quantitative estimate of drug-likeness (QED) is 0.578. The zero-order valence-corrected chi connectivity index (χ0v) is 10.9. The van der Waals surface area contributed by atoms with Gasteiger partial charge < -0.3 is 10.2 Å². The second-order valence-electron chi connectivity index (χ2n) is 4.92. The van der Waals surface area contributed by atoms with E-state index in [0.29, 0.717) is 19.3 Å². The third-order valence-electron chi connectivity index (χ3n) is 3.19. The summed E-state index contributed by atoms with van der Waals surface area (Å²) < 4.78 is 0. The van der Waals surface area contributed by atoms with Crippen LogP contribution in [0.25, 0.3) is 0 Å². The van der Waals surface area contributed by atoms with Gasteiger partial charge in [0.25, 0.3) is 0 Å². The van der Waals surface area contributed by atoms with Crippen molar-refractivity contribution in [3.05, 3.63) is 0 Å². The van der Waals surface area contributed by atoms with Gasteiger partial charge in [0.05, 0.1) is 5.41 Å². The van der Waals surface area contributed by atoms with Crippen molar-refractivity contribution < 1.29 is 19.8 Å². The zero-order chi connectivity index (χ0) is 13.3. The van der Waals surface area contributed by atoms with Crippen molar-refractivity contribution in [1.82, 2.24) is 0 Å². The topological polar surface area (TPSA) is 74.6 Å². The third-order valence-corrected chi connectivity index (χ3v) is 3.19.